The van der Waals surface area contributed by atoms with Gasteiger partial charge in [0.1, 0.15) is 11.6 Å². The first-order valence-electron chi connectivity index (χ1n) is 9.47. The summed E-state index contributed by atoms with van der Waals surface area (Å²) in [6.07, 6.45) is 2.30. The summed E-state index contributed by atoms with van der Waals surface area (Å²) in [5.74, 6) is 0.631. The Bertz CT molecular complexity index is 746. The zero-order valence-electron chi connectivity index (χ0n) is 15.9. The van der Waals surface area contributed by atoms with Crippen LogP contribution in [0.2, 0.25) is 0 Å². The third-order valence-electron chi connectivity index (χ3n) is 5.18. The van der Waals surface area contributed by atoms with Crippen LogP contribution in [-0.2, 0) is 11.2 Å². The number of piperidine rings is 1. The van der Waals surface area contributed by atoms with E-state index in [0.717, 1.165) is 36.3 Å². The van der Waals surface area contributed by atoms with Crippen LogP contribution in [0.5, 0.6) is 5.75 Å². The summed E-state index contributed by atoms with van der Waals surface area (Å²) in [5, 5.41) is 6.60. The van der Waals surface area contributed by atoms with Crippen LogP contribution < -0.4 is 15.4 Å². The molecule has 1 heterocycles. The van der Waals surface area contributed by atoms with E-state index in [4.69, 9.17) is 4.74 Å². The largest absolute Gasteiger partial charge is 0.497 e. The van der Waals surface area contributed by atoms with Crippen molar-refractivity contribution in [3.63, 3.8) is 0 Å². The number of nitrogens with one attached hydrogen (secondary N) is 2. The smallest absolute Gasteiger partial charge is 0.223 e. The second-order valence-corrected chi connectivity index (χ2v) is 7.24. The summed E-state index contributed by atoms with van der Waals surface area (Å²) in [7, 11) is 1.63. The van der Waals surface area contributed by atoms with Crippen molar-refractivity contribution in [3.05, 3.63) is 65.5 Å². The van der Waals surface area contributed by atoms with Crippen molar-refractivity contribution in [3.8, 4) is 5.75 Å². The molecule has 1 amide bonds. The fourth-order valence-electron chi connectivity index (χ4n) is 3.60. The highest BCUT2D eigenvalue weighted by Gasteiger charge is 2.27. The molecule has 4 nitrogen and oxygen atoms in total. The highest BCUT2D eigenvalue weighted by molar-refractivity contribution is 5.79. The molecule has 1 unspecified atom stereocenters. The van der Waals surface area contributed by atoms with Gasteiger partial charge in [-0.1, -0.05) is 24.3 Å². The van der Waals surface area contributed by atoms with E-state index < -0.39 is 0 Å². The van der Waals surface area contributed by atoms with Crippen LogP contribution in [-0.4, -0.2) is 25.6 Å². The Hall–Kier alpha value is -2.40. The Labute approximate surface area is 160 Å². The lowest BCUT2D eigenvalue weighted by Crippen LogP contribution is -2.43. The minimum absolute atomic E-state index is 0.0233. The number of hydrogen-bond donors (Lipinski definition) is 2. The van der Waals surface area contributed by atoms with Crippen molar-refractivity contribution in [2.45, 2.75) is 38.3 Å². The topological polar surface area (TPSA) is 50.4 Å². The van der Waals surface area contributed by atoms with Gasteiger partial charge >= 0.3 is 0 Å². The van der Waals surface area contributed by atoms with Crippen LogP contribution in [0, 0.1) is 11.7 Å². The predicted octanol–water partition coefficient (Wildman–Crippen LogP) is 3.62. The maximum absolute atomic E-state index is 13.2. The number of halogens is 1. The number of benzene rings is 2. The Balaban J connectivity index is 1.77. The van der Waals surface area contributed by atoms with Gasteiger partial charge in [0.05, 0.1) is 13.2 Å². The first kappa shape index (κ1) is 19.4. The van der Waals surface area contributed by atoms with Crippen LogP contribution in [0.1, 0.15) is 36.9 Å². The predicted molar refractivity (Wildman–Crippen MR) is 104 cm³/mol. The van der Waals surface area contributed by atoms with Gasteiger partial charge in [-0.3, -0.25) is 4.79 Å². The van der Waals surface area contributed by atoms with Gasteiger partial charge in [-0.15, -0.1) is 0 Å². The molecule has 3 atom stereocenters. The van der Waals surface area contributed by atoms with Gasteiger partial charge in [-0.2, -0.15) is 0 Å². The second-order valence-electron chi connectivity index (χ2n) is 7.24. The summed E-state index contributed by atoms with van der Waals surface area (Å²) in [4.78, 5) is 12.9. The molecule has 1 aliphatic rings. The first-order valence-corrected chi connectivity index (χ1v) is 9.47. The fourth-order valence-corrected chi connectivity index (χ4v) is 3.60. The molecule has 0 aromatic heterocycles. The van der Waals surface area contributed by atoms with E-state index in [9.17, 15) is 9.18 Å². The summed E-state index contributed by atoms with van der Waals surface area (Å²) < 4.78 is 18.5. The maximum atomic E-state index is 13.2. The van der Waals surface area contributed by atoms with Gasteiger partial charge in [0.25, 0.3) is 0 Å². The molecule has 2 aromatic rings. The number of carbonyl (C=O) groups excluding carboxylic acids is 1. The Morgan fingerprint density at radius 2 is 1.93 bits per heavy atom. The molecule has 0 spiro atoms. The Morgan fingerprint density at radius 3 is 2.56 bits per heavy atom. The molecule has 144 valence electrons. The van der Waals surface area contributed by atoms with E-state index in [1.54, 1.807) is 19.2 Å². The first-order chi connectivity index (χ1) is 13.0. The zero-order valence-corrected chi connectivity index (χ0v) is 15.9. The minimum atomic E-state index is -0.257. The van der Waals surface area contributed by atoms with Crippen molar-refractivity contribution in [2.75, 3.05) is 13.7 Å². The molecule has 0 radical (unpaired) electrons. The number of methoxy groups -OCH3 is 1. The zero-order chi connectivity index (χ0) is 19.2. The normalized spacial score (nSPS) is 20.7. The van der Waals surface area contributed by atoms with Gasteiger partial charge in [-0.25, -0.2) is 4.39 Å². The van der Waals surface area contributed by atoms with Crippen molar-refractivity contribution in [2.24, 2.45) is 5.92 Å². The Morgan fingerprint density at radius 1 is 1.22 bits per heavy atom. The van der Waals surface area contributed by atoms with E-state index in [2.05, 4.69) is 17.6 Å². The molecule has 1 aliphatic heterocycles. The molecule has 3 rings (SSSR count). The van der Waals surface area contributed by atoms with Crippen LogP contribution in [0.4, 0.5) is 4.39 Å². The minimum Gasteiger partial charge on any atom is -0.497 e. The van der Waals surface area contributed by atoms with E-state index in [1.165, 1.54) is 12.1 Å². The maximum Gasteiger partial charge on any atom is 0.223 e. The van der Waals surface area contributed by atoms with Crippen LogP contribution >= 0.6 is 0 Å². The Kier molecular flexibility index (Phi) is 6.45. The summed E-state index contributed by atoms with van der Waals surface area (Å²) in [6.45, 7) is 2.98. The van der Waals surface area contributed by atoms with E-state index >= 15 is 0 Å². The van der Waals surface area contributed by atoms with E-state index in [-0.39, 0.29) is 23.7 Å². The molecule has 0 bridgehead atoms. The molecular formula is C22H27FN2O2. The molecule has 2 aromatic carbocycles. The monoisotopic (exact) mass is 370 g/mol. The SMILES string of the molecule is COc1ccc(C(Cc2ccc(F)cc2)NC(=O)[C@H]2CCN[C@@H](C)C2)cc1. The highest BCUT2D eigenvalue weighted by Crippen LogP contribution is 2.24. The summed E-state index contributed by atoms with van der Waals surface area (Å²) in [5.41, 5.74) is 1.99. The van der Waals surface area contributed by atoms with Crippen molar-refractivity contribution >= 4 is 5.91 Å². The molecule has 0 saturated carbocycles. The number of amides is 1. The average Bonchev–Trinajstić information content (AvgIpc) is 2.69. The number of rotatable bonds is 6. The molecule has 2 N–H and O–H groups in total. The lowest BCUT2D eigenvalue weighted by Gasteiger charge is -2.29. The number of hydrogen-bond acceptors (Lipinski definition) is 3. The molecule has 1 fully saturated rings. The van der Waals surface area contributed by atoms with E-state index in [0.29, 0.717) is 12.5 Å². The van der Waals surface area contributed by atoms with Gasteiger partial charge < -0.3 is 15.4 Å². The lowest BCUT2D eigenvalue weighted by molar-refractivity contribution is -0.126. The van der Waals surface area contributed by atoms with Gasteiger partial charge in [-0.05, 0) is 68.1 Å². The van der Waals surface area contributed by atoms with Crippen molar-refractivity contribution in [1.29, 1.82) is 0 Å². The molecular weight excluding hydrogens is 343 g/mol. The molecule has 1 saturated heterocycles. The summed E-state index contributed by atoms with van der Waals surface area (Å²) in [6, 6.07) is 14.4. The molecule has 0 aliphatic carbocycles. The summed E-state index contributed by atoms with van der Waals surface area (Å²) >= 11 is 0. The highest BCUT2D eigenvalue weighted by atomic mass is 19.1. The van der Waals surface area contributed by atoms with Crippen LogP contribution in [0.15, 0.2) is 48.5 Å². The van der Waals surface area contributed by atoms with E-state index in [1.807, 2.05) is 24.3 Å². The quantitative estimate of drug-likeness (QED) is 0.817. The van der Waals surface area contributed by atoms with Crippen molar-refractivity contribution < 1.29 is 13.9 Å². The van der Waals surface area contributed by atoms with Gasteiger partial charge in [0, 0.05) is 12.0 Å². The van der Waals surface area contributed by atoms with Crippen LogP contribution in [0.3, 0.4) is 0 Å². The average molecular weight is 370 g/mol. The second kappa shape index (κ2) is 9.00. The standard InChI is InChI=1S/C22H27FN2O2/c1-15-13-18(11-12-24-15)22(26)25-21(14-16-3-7-19(23)8-4-16)17-5-9-20(27-2)10-6-17/h3-10,15,18,21,24H,11-14H2,1-2H3,(H,25,26)/t15-,18-,21?/m0/s1. The number of carbonyl (C=O) groups is 1. The number of ether oxygens (including phenoxy) is 1. The third kappa shape index (κ3) is 5.30. The lowest BCUT2D eigenvalue weighted by atomic mass is 9.91. The van der Waals surface area contributed by atoms with Crippen LogP contribution in [0.25, 0.3) is 0 Å². The third-order valence-corrected chi connectivity index (χ3v) is 5.18. The molecule has 5 heteroatoms. The van der Waals surface area contributed by atoms with Gasteiger partial charge in [0.2, 0.25) is 5.91 Å². The molecule has 27 heavy (non-hydrogen) atoms. The fraction of sp³-hybridized carbons (Fsp3) is 0.409. The van der Waals surface area contributed by atoms with Gasteiger partial charge in [0.15, 0.2) is 0 Å². The van der Waals surface area contributed by atoms with Crippen molar-refractivity contribution in [1.82, 2.24) is 10.6 Å².